The number of nitrogens with zero attached hydrogens (tertiary/aromatic N) is 1. The molecule has 3 N–H and O–H groups in total. The van der Waals surface area contributed by atoms with Crippen LogP contribution in [0.15, 0.2) is 12.1 Å². The Balaban J connectivity index is 2.11. The molecular weight excluding hydrogens is 233 g/mol. The van der Waals surface area contributed by atoms with E-state index in [1.165, 1.54) is 12.1 Å². The molecule has 1 saturated heterocycles. The van der Waals surface area contributed by atoms with E-state index in [9.17, 15) is 4.39 Å². The maximum Gasteiger partial charge on any atom is 0.144 e. The van der Waals surface area contributed by atoms with Crippen molar-refractivity contribution in [2.45, 2.75) is 0 Å². The van der Waals surface area contributed by atoms with Crippen LogP contribution in [0.25, 0.3) is 0 Å². The molecule has 1 aromatic carbocycles. The summed E-state index contributed by atoms with van der Waals surface area (Å²) in [5.41, 5.74) is 9.74. The van der Waals surface area contributed by atoms with Crippen LogP contribution in [0.4, 0.5) is 15.8 Å². The van der Waals surface area contributed by atoms with Crippen LogP contribution in [0.3, 0.4) is 0 Å². The molecule has 0 bridgehead atoms. The minimum atomic E-state index is -0.480. The highest BCUT2D eigenvalue weighted by atomic mass is 35.5. The summed E-state index contributed by atoms with van der Waals surface area (Å²) in [6.45, 7) is 2.79. The number of hydrazine groups is 1. The van der Waals surface area contributed by atoms with E-state index in [4.69, 9.17) is 22.1 Å². The Bertz CT molecular complexity index is 383. The lowest BCUT2D eigenvalue weighted by Gasteiger charge is -2.28. The number of hydrogen-bond acceptors (Lipinski definition) is 4. The van der Waals surface area contributed by atoms with Crippen LogP contribution in [-0.4, -0.2) is 31.3 Å². The molecule has 1 heterocycles. The van der Waals surface area contributed by atoms with E-state index in [1.807, 2.05) is 5.01 Å². The molecule has 0 atom stereocenters. The summed E-state index contributed by atoms with van der Waals surface area (Å²) in [5.74, 6) is -0.480. The van der Waals surface area contributed by atoms with Crippen molar-refractivity contribution in [1.29, 1.82) is 0 Å². The molecule has 0 aliphatic carbocycles. The molecular formula is C10H13ClFN3O. The zero-order valence-electron chi connectivity index (χ0n) is 8.67. The number of halogens is 2. The number of rotatable bonds is 2. The molecule has 4 nitrogen and oxygen atoms in total. The largest absolute Gasteiger partial charge is 0.397 e. The summed E-state index contributed by atoms with van der Waals surface area (Å²) in [6, 6.07) is 2.70. The molecule has 1 fully saturated rings. The Kier molecular flexibility index (Phi) is 3.48. The second kappa shape index (κ2) is 4.86. The molecule has 0 aromatic heterocycles. The number of anilines is 2. The van der Waals surface area contributed by atoms with Gasteiger partial charge in [0, 0.05) is 19.2 Å². The summed E-state index contributed by atoms with van der Waals surface area (Å²) in [7, 11) is 0. The molecule has 6 heteroatoms. The first-order valence-corrected chi connectivity index (χ1v) is 5.38. The van der Waals surface area contributed by atoms with Crippen LogP contribution in [0, 0.1) is 5.82 Å². The lowest BCUT2D eigenvalue weighted by atomic mass is 10.2. The van der Waals surface area contributed by atoms with Gasteiger partial charge < -0.3 is 15.9 Å². The van der Waals surface area contributed by atoms with Gasteiger partial charge in [-0.2, -0.15) is 0 Å². The molecule has 88 valence electrons. The van der Waals surface area contributed by atoms with Crippen molar-refractivity contribution in [3.05, 3.63) is 23.0 Å². The van der Waals surface area contributed by atoms with E-state index >= 15 is 0 Å². The zero-order chi connectivity index (χ0) is 11.5. The SMILES string of the molecule is Nc1cc(Cl)c(F)cc1NN1CCOCC1. The van der Waals surface area contributed by atoms with Crippen LogP contribution in [0.5, 0.6) is 0 Å². The second-order valence-corrected chi connectivity index (χ2v) is 3.97. The first kappa shape index (κ1) is 11.4. The number of nitrogens with one attached hydrogen (secondary N) is 1. The van der Waals surface area contributed by atoms with Crippen LogP contribution in [0.1, 0.15) is 0 Å². The molecule has 1 aliphatic heterocycles. The number of hydrogen-bond donors (Lipinski definition) is 2. The summed E-state index contributed by atoms with van der Waals surface area (Å²) in [4.78, 5) is 0. The highest BCUT2D eigenvalue weighted by molar-refractivity contribution is 6.31. The monoisotopic (exact) mass is 245 g/mol. The van der Waals surface area contributed by atoms with Crippen LogP contribution < -0.4 is 11.2 Å². The van der Waals surface area contributed by atoms with Crippen molar-refractivity contribution in [1.82, 2.24) is 5.01 Å². The molecule has 1 aliphatic rings. The van der Waals surface area contributed by atoms with Crippen molar-refractivity contribution in [3.8, 4) is 0 Å². The van der Waals surface area contributed by atoms with Gasteiger partial charge in [-0.25, -0.2) is 9.40 Å². The normalized spacial score (nSPS) is 17.4. The highest BCUT2D eigenvalue weighted by Gasteiger charge is 2.12. The molecule has 0 unspecified atom stereocenters. The molecule has 0 spiro atoms. The Morgan fingerprint density at radius 2 is 2.06 bits per heavy atom. The zero-order valence-corrected chi connectivity index (χ0v) is 9.43. The Labute approximate surface area is 98.1 Å². The predicted octanol–water partition coefficient (Wildman–Crippen LogP) is 1.72. The minimum Gasteiger partial charge on any atom is -0.397 e. The molecule has 0 saturated carbocycles. The van der Waals surface area contributed by atoms with Gasteiger partial charge in [-0.1, -0.05) is 11.6 Å². The summed E-state index contributed by atoms with van der Waals surface area (Å²) in [6.07, 6.45) is 0. The molecule has 0 radical (unpaired) electrons. The van der Waals surface area contributed by atoms with Crippen molar-refractivity contribution >= 4 is 23.0 Å². The summed E-state index contributed by atoms with van der Waals surface area (Å²) >= 11 is 5.61. The number of nitrogen functional groups attached to an aromatic ring is 1. The lowest BCUT2D eigenvalue weighted by Crippen LogP contribution is -2.40. The van der Waals surface area contributed by atoms with Gasteiger partial charge in [0.25, 0.3) is 0 Å². The third-order valence-corrected chi connectivity index (χ3v) is 2.67. The number of benzene rings is 1. The molecule has 16 heavy (non-hydrogen) atoms. The Hall–Kier alpha value is -1.04. The van der Waals surface area contributed by atoms with Crippen molar-refractivity contribution in [2.24, 2.45) is 0 Å². The van der Waals surface area contributed by atoms with Crippen LogP contribution >= 0.6 is 11.6 Å². The summed E-state index contributed by atoms with van der Waals surface area (Å²) < 4.78 is 18.4. The first-order valence-electron chi connectivity index (χ1n) is 5.00. The van der Waals surface area contributed by atoms with Gasteiger partial charge in [-0.05, 0) is 6.07 Å². The lowest BCUT2D eigenvalue weighted by molar-refractivity contribution is 0.0497. The van der Waals surface area contributed by atoms with Crippen molar-refractivity contribution in [2.75, 3.05) is 37.5 Å². The predicted molar refractivity (Wildman–Crippen MR) is 61.8 cm³/mol. The average molecular weight is 246 g/mol. The van der Waals surface area contributed by atoms with Gasteiger partial charge in [-0.15, -0.1) is 0 Å². The van der Waals surface area contributed by atoms with Gasteiger partial charge in [0.2, 0.25) is 0 Å². The molecule has 2 rings (SSSR count). The average Bonchev–Trinajstić information content (AvgIpc) is 2.27. The fraction of sp³-hybridized carbons (Fsp3) is 0.400. The van der Waals surface area contributed by atoms with E-state index < -0.39 is 5.82 Å². The number of nitrogens with two attached hydrogens (primary N) is 1. The van der Waals surface area contributed by atoms with Gasteiger partial charge in [0.1, 0.15) is 5.82 Å². The third kappa shape index (κ3) is 2.55. The van der Waals surface area contributed by atoms with Crippen LogP contribution in [0.2, 0.25) is 5.02 Å². The Morgan fingerprint density at radius 3 is 2.75 bits per heavy atom. The van der Waals surface area contributed by atoms with E-state index in [2.05, 4.69) is 5.43 Å². The maximum absolute atomic E-state index is 13.2. The smallest absolute Gasteiger partial charge is 0.144 e. The number of morpholine rings is 1. The van der Waals surface area contributed by atoms with Gasteiger partial charge in [0.15, 0.2) is 0 Å². The Morgan fingerprint density at radius 1 is 1.38 bits per heavy atom. The van der Waals surface area contributed by atoms with E-state index in [0.29, 0.717) is 24.6 Å². The number of ether oxygens (including phenoxy) is 1. The van der Waals surface area contributed by atoms with Crippen molar-refractivity contribution in [3.63, 3.8) is 0 Å². The maximum atomic E-state index is 13.2. The summed E-state index contributed by atoms with van der Waals surface area (Å²) in [5, 5.41) is 1.97. The first-order chi connectivity index (χ1) is 7.66. The van der Waals surface area contributed by atoms with Gasteiger partial charge in [0.05, 0.1) is 29.6 Å². The minimum absolute atomic E-state index is 0.0324. The fourth-order valence-electron chi connectivity index (χ4n) is 1.50. The van der Waals surface area contributed by atoms with E-state index in [0.717, 1.165) is 13.1 Å². The van der Waals surface area contributed by atoms with Gasteiger partial charge >= 0.3 is 0 Å². The fourth-order valence-corrected chi connectivity index (χ4v) is 1.68. The third-order valence-electron chi connectivity index (χ3n) is 2.38. The quantitative estimate of drug-likeness (QED) is 0.779. The van der Waals surface area contributed by atoms with E-state index in [1.54, 1.807) is 0 Å². The molecule has 1 aromatic rings. The van der Waals surface area contributed by atoms with E-state index in [-0.39, 0.29) is 5.02 Å². The topological polar surface area (TPSA) is 50.5 Å². The van der Waals surface area contributed by atoms with Gasteiger partial charge in [-0.3, -0.25) is 0 Å². The highest BCUT2D eigenvalue weighted by Crippen LogP contribution is 2.26. The van der Waals surface area contributed by atoms with Crippen molar-refractivity contribution < 1.29 is 9.13 Å². The van der Waals surface area contributed by atoms with Crippen LogP contribution in [-0.2, 0) is 4.74 Å². The second-order valence-electron chi connectivity index (χ2n) is 3.56. The standard InChI is InChI=1S/C10H13ClFN3O/c11-7-5-9(13)10(6-8(7)12)14-15-1-3-16-4-2-15/h5-6,14H,1-4,13H2. The molecule has 0 amide bonds.